The molecule has 0 heterocycles. The fourth-order valence-corrected chi connectivity index (χ4v) is 5.88. The van der Waals surface area contributed by atoms with Crippen LogP contribution in [0.1, 0.15) is 57.2 Å². The SMILES string of the molecule is Cc1ccc(C(C)C)c(OCc2ccc(C(=O)NNC(=O)c3ccc(Cl)c(S(=O)(=O)N(C)c4ccccc4)c3)cc2)c1. The molecule has 0 saturated heterocycles. The standard InChI is InChI=1S/C32H32ClN3O5S/c1-21(2)27-16-10-22(3)18-29(27)41-20-23-11-13-24(14-12-23)31(37)34-35-32(38)25-15-17-28(33)30(19-25)42(39,40)36(4)26-8-6-5-7-9-26/h5-19,21H,20H2,1-4H3,(H,34,37)(H,35,38). The van der Waals surface area contributed by atoms with E-state index >= 15 is 0 Å². The van der Waals surface area contributed by atoms with E-state index in [1.165, 1.54) is 25.2 Å². The maximum atomic E-state index is 13.2. The molecule has 0 spiro atoms. The van der Waals surface area contributed by atoms with Gasteiger partial charge in [0, 0.05) is 18.2 Å². The Bertz CT molecular complexity index is 1690. The first kappa shape index (κ1) is 30.6. The van der Waals surface area contributed by atoms with E-state index in [0.29, 0.717) is 23.8 Å². The number of hydrogen-bond acceptors (Lipinski definition) is 5. The highest BCUT2D eigenvalue weighted by atomic mass is 35.5. The predicted octanol–water partition coefficient (Wildman–Crippen LogP) is 6.25. The number of benzene rings is 4. The summed E-state index contributed by atoms with van der Waals surface area (Å²) in [5.41, 5.74) is 8.56. The number of amides is 2. The van der Waals surface area contributed by atoms with E-state index in [0.717, 1.165) is 26.7 Å². The lowest BCUT2D eigenvalue weighted by molar-refractivity contribution is 0.0846. The summed E-state index contributed by atoms with van der Waals surface area (Å²) < 4.78 is 33.6. The van der Waals surface area contributed by atoms with Crippen LogP contribution in [0, 0.1) is 6.92 Å². The van der Waals surface area contributed by atoms with Gasteiger partial charge in [-0.05, 0) is 78.1 Å². The Kier molecular flexibility index (Phi) is 9.55. The van der Waals surface area contributed by atoms with Crippen molar-refractivity contribution in [2.75, 3.05) is 11.4 Å². The molecule has 0 unspecified atom stereocenters. The van der Waals surface area contributed by atoms with Crippen LogP contribution in [0.4, 0.5) is 5.69 Å². The number of sulfonamides is 1. The number of hydrogen-bond donors (Lipinski definition) is 2. The average Bonchev–Trinajstić information content (AvgIpc) is 2.99. The fraction of sp³-hybridized carbons (Fsp3) is 0.188. The largest absolute Gasteiger partial charge is 0.489 e. The topological polar surface area (TPSA) is 105 Å². The van der Waals surface area contributed by atoms with Crippen LogP contribution < -0.4 is 19.9 Å². The van der Waals surface area contributed by atoms with Crippen LogP contribution in [-0.4, -0.2) is 27.3 Å². The van der Waals surface area contributed by atoms with Gasteiger partial charge in [-0.3, -0.25) is 24.7 Å². The minimum Gasteiger partial charge on any atom is -0.489 e. The second-order valence-corrected chi connectivity index (χ2v) is 12.4. The zero-order valence-electron chi connectivity index (χ0n) is 23.7. The second kappa shape index (κ2) is 13.1. The molecule has 0 atom stereocenters. The summed E-state index contributed by atoms with van der Waals surface area (Å²) >= 11 is 6.21. The summed E-state index contributed by atoms with van der Waals surface area (Å²) in [6.45, 7) is 6.58. The molecule has 2 N–H and O–H groups in total. The number of carbonyl (C=O) groups is 2. The number of rotatable bonds is 9. The first-order valence-electron chi connectivity index (χ1n) is 13.2. The maximum Gasteiger partial charge on any atom is 0.269 e. The van der Waals surface area contributed by atoms with E-state index < -0.39 is 21.8 Å². The van der Waals surface area contributed by atoms with Gasteiger partial charge in [0.25, 0.3) is 21.8 Å². The first-order valence-corrected chi connectivity index (χ1v) is 15.1. The molecule has 4 aromatic rings. The van der Waals surface area contributed by atoms with Gasteiger partial charge in [0.1, 0.15) is 17.3 Å². The molecular formula is C32H32ClN3O5S. The smallest absolute Gasteiger partial charge is 0.269 e. The van der Waals surface area contributed by atoms with E-state index in [9.17, 15) is 18.0 Å². The van der Waals surface area contributed by atoms with Crippen LogP contribution in [-0.2, 0) is 16.6 Å². The molecular weight excluding hydrogens is 574 g/mol. The Balaban J connectivity index is 1.38. The third-order valence-electron chi connectivity index (χ3n) is 6.64. The minimum absolute atomic E-state index is 0.00384. The quantitative estimate of drug-likeness (QED) is 0.219. The van der Waals surface area contributed by atoms with Crippen molar-refractivity contribution >= 4 is 39.1 Å². The third kappa shape index (κ3) is 7.10. The fourth-order valence-electron chi connectivity index (χ4n) is 4.18. The van der Waals surface area contributed by atoms with Crippen LogP contribution >= 0.6 is 11.6 Å². The van der Waals surface area contributed by atoms with Crippen molar-refractivity contribution in [3.8, 4) is 5.75 Å². The van der Waals surface area contributed by atoms with E-state index in [-0.39, 0.29) is 15.5 Å². The average molecular weight is 606 g/mol. The number of nitrogens with zero attached hydrogens (tertiary/aromatic N) is 1. The lowest BCUT2D eigenvalue weighted by Gasteiger charge is -2.20. The molecule has 0 aliphatic rings. The van der Waals surface area contributed by atoms with Crippen molar-refractivity contribution in [2.24, 2.45) is 0 Å². The molecule has 4 rings (SSSR count). The van der Waals surface area contributed by atoms with Gasteiger partial charge in [-0.2, -0.15) is 0 Å². The van der Waals surface area contributed by atoms with E-state index in [1.54, 1.807) is 54.6 Å². The van der Waals surface area contributed by atoms with Crippen molar-refractivity contribution in [3.05, 3.63) is 124 Å². The van der Waals surface area contributed by atoms with Gasteiger partial charge in [0.15, 0.2) is 0 Å². The van der Waals surface area contributed by atoms with Gasteiger partial charge in [-0.15, -0.1) is 0 Å². The molecule has 0 bridgehead atoms. The number of nitrogens with one attached hydrogen (secondary N) is 2. The highest BCUT2D eigenvalue weighted by Gasteiger charge is 2.25. The predicted molar refractivity (Wildman–Crippen MR) is 164 cm³/mol. The summed E-state index contributed by atoms with van der Waals surface area (Å²) in [7, 11) is -2.67. The number of ether oxygens (including phenoxy) is 1. The third-order valence-corrected chi connectivity index (χ3v) is 8.91. The van der Waals surface area contributed by atoms with Gasteiger partial charge in [0.05, 0.1) is 10.7 Å². The lowest BCUT2D eigenvalue weighted by Crippen LogP contribution is -2.41. The second-order valence-electron chi connectivity index (χ2n) is 10.0. The monoisotopic (exact) mass is 605 g/mol. The van der Waals surface area contributed by atoms with Crippen molar-refractivity contribution in [3.63, 3.8) is 0 Å². The van der Waals surface area contributed by atoms with Crippen molar-refractivity contribution in [2.45, 2.75) is 38.2 Å². The van der Waals surface area contributed by atoms with Gasteiger partial charge in [-0.25, -0.2) is 8.42 Å². The molecule has 0 radical (unpaired) electrons. The Morgan fingerprint density at radius 1 is 0.857 bits per heavy atom. The molecule has 10 heteroatoms. The van der Waals surface area contributed by atoms with Crippen LogP contribution in [0.3, 0.4) is 0 Å². The van der Waals surface area contributed by atoms with E-state index in [4.69, 9.17) is 16.3 Å². The first-order chi connectivity index (χ1) is 20.0. The molecule has 42 heavy (non-hydrogen) atoms. The van der Waals surface area contributed by atoms with Gasteiger partial charge in [0.2, 0.25) is 0 Å². The zero-order chi connectivity index (χ0) is 30.4. The van der Waals surface area contributed by atoms with Crippen LogP contribution in [0.2, 0.25) is 5.02 Å². The molecule has 4 aromatic carbocycles. The van der Waals surface area contributed by atoms with Gasteiger partial charge < -0.3 is 4.74 Å². The molecule has 0 aliphatic heterocycles. The summed E-state index contributed by atoms with van der Waals surface area (Å²) in [5.74, 6) is -0.0917. The summed E-state index contributed by atoms with van der Waals surface area (Å²) in [5, 5.41) is -0.0368. The molecule has 0 fully saturated rings. The van der Waals surface area contributed by atoms with Gasteiger partial charge in [-0.1, -0.05) is 67.9 Å². The Morgan fingerprint density at radius 2 is 1.48 bits per heavy atom. The number of carbonyl (C=O) groups excluding carboxylic acids is 2. The summed E-state index contributed by atoms with van der Waals surface area (Å²) in [6.07, 6.45) is 0. The number of para-hydroxylation sites is 1. The van der Waals surface area contributed by atoms with Crippen molar-refractivity contribution in [1.82, 2.24) is 10.9 Å². The molecule has 0 aliphatic carbocycles. The van der Waals surface area contributed by atoms with Crippen LogP contribution in [0.5, 0.6) is 5.75 Å². The Hall–Kier alpha value is -4.34. The molecule has 0 saturated carbocycles. The summed E-state index contributed by atoms with van der Waals surface area (Å²) in [6, 6.07) is 25.3. The van der Waals surface area contributed by atoms with E-state index in [2.05, 4.69) is 36.8 Å². The normalized spacial score (nSPS) is 11.2. The molecule has 0 aromatic heterocycles. The lowest BCUT2D eigenvalue weighted by atomic mass is 10.0. The molecule has 2 amide bonds. The molecule has 218 valence electrons. The van der Waals surface area contributed by atoms with Crippen LogP contribution in [0.15, 0.2) is 95.9 Å². The molecule has 8 nitrogen and oxygen atoms in total. The summed E-state index contributed by atoms with van der Waals surface area (Å²) in [4.78, 5) is 25.2. The minimum atomic E-state index is -4.06. The van der Waals surface area contributed by atoms with Gasteiger partial charge >= 0.3 is 0 Å². The van der Waals surface area contributed by atoms with E-state index in [1.807, 2.05) is 13.0 Å². The number of aryl methyl sites for hydroxylation is 1. The number of halogens is 1. The van der Waals surface area contributed by atoms with Crippen molar-refractivity contribution in [1.29, 1.82) is 0 Å². The zero-order valence-corrected chi connectivity index (χ0v) is 25.3. The van der Waals surface area contributed by atoms with Crippen LogP contribution in [0.25, 0.3) is 0 Å². The number of hydrazine groups is 1. The Labute approximate surface area is 251 Å². The highest BCUT2D eigenvalue weighted by Crippen LogP contribution is 2.29. The van der Waals surface area contributed by atoms with Crippen molar-refractivity contribution < 1.29 is 22.7 Å². The highest BCUT2D eigenvalue weighted by molar-refractivity contribution is 7.93. The number of anilines is 1. The maximum absolute atomic E-state index is 13.2. The Morgan fingerprint density at radius 3 is 2.12 bits per heavy atom.